The number of anilines is 1. The van der Waals surface area contributed by atoms with Crippen molar-refractivity contribution in [3.05, 3.63) is 59.4 Å². The summed E-state index contributed by atoms with van der Waals surface area (Å²) in [5.41, 5.74) is 5.25. The predicted molar refractivity (Wildman–Crippen MR) is 68.1 cm³/mol. The van der Waals surface area contributed by atoms with Gasteiger partial charge in [0.2, 0.25) is 0 Å². The Hall–Kier alpha value is -2.37. The molecular weight excluding hydrogens is 269 g/mol. The van der Waals surface area contributed by atoms with Gasteiger partial charge in [-0.3, -0.25) is 9.78 Å². The maximum atomic E-state index is 12.8. The molecule has 0 aliphatic heterocycles. The lowest BCUT2D eigenvalue weighted by atomic mass is 10.00. The van der Waals surface area contributed by atoms with E-state index in [1.165, 1.54) is 0 Å². The lowest BCUT2D eigenvalue weighted by molar-refractivity contribution is -0.138. The van der Waals surface area contributed by atoms with Crippen molar-refractivity contribution >= 4 is 11.5 Å². The number of alkyl halides is 3. The summed E-state index contributed by atoms with van der Waals surface area (Å²) in [6.07, 6.45) is -2.74. The van der Waals surface area contributed by atoms with Crippen molar-refractivity contribution in [1.29, 1.82) is 0 Å². The first-order chi connectivity index (χ1) is 9.38. The molecule has 6 heteroatoms. The lowest BCUT2D eigenvalue weighted by Gasteiger charge is -2.11. The number of Topliss-reactive ketones (excluding diaryl/α,β-unsaturated/α-hetero) is 1. The Labute approximate surface area is 113 Å². The van der Waals surface area contributed by atoms with Crippen molar-refractivity contribution in [2.24, 2.45) is 0 Å². The molecule has 0 amide bonds. The molecule has 0 bridgehead atoms. The van der Waals surface area contributed by atoms with Gasteiger partial charge in [0.1, 0.15) is 0 Å². The Kier molecular flexibility index (Phi) is 3.74. The van der Waals surface area contributed by atoms with Gasteiger partial charge in [-0.1, -0.05) is 12.1 Å². The topological polar surface area (TPSA) is 56.0 Å². The maximum Gasteiger partial charge on any atom is 0.417 e. The molecule has 2 rings (SSSR count). The molecule has 1 aromatic carbocycles. The van der Waals surface area contributed by atoms with Crippen molar-refractivity contribution in [1.82, 2.24) is 4.98 Å². The second-order valence-electron chi connectivity index (χ2n) is 4.26. The fraction of sp³-hybridized carbons (Fsp3) is 0.143. The molecular formula is C14H11F3N2O. The van der Waals surface area contributed by atoms with E-state index in [1.54, 1.807) is 24.3 Å². The van der Waals surface area contributed by atoms with Gasteiger partial charge in [0.25, 0.3) is 0 Å². The van der Waals surface area contributed by atoms with Gasteiger partial charge in [-0.15, -0.1) is 0 Å². The molecule has 2 aromatic rings. The summed E-state index contributed by atoms with van der Waals surface area (Å²) in [5, 5.41) is 0. The van der Waals surface area contributed by atoms with Gasteiger partial charge >= 0.3 is 6.18 Å². The highest BCUT2D eigenvalue weighted by Gasteiger charge is 2.34. The molecule has 0 aliphatic carbocycles. The normalized spacial score (nSPS) is 11.3. The Morgan fingerprint density at radius 2 is 1.80 bits per heavy atom. The number of pyridine rings is 1. The average molecular weight is 280 g/mol. The zero-order valence-corrected chi connectivity index (χ0v) is 10.3. The standard InChI is InChI=1S/C14H11F3N2O/c15-14(16,17)12-5-6-19-8-11(12)13(20)7-9-1-3-10(18)4-2-9/h1-6,8H,7,18H2. The van der Waals surface area contributed by atoms with Crippen molar-refractivity contribution in [3.63, 3.8) is 0 Å². The molecule has 1 heterocycles. The van der Waals surface area contributed by atoms with E-state index < -0.39 is 23.1 Å². The number of rotatable bonds is 3. The summed E-state index contributed by atoms with van der Waals surface area (Å²) in [5.74, 6) is -0.629. The minimum atomic E-state index is -4.57. The van der Waals surface area contributed by atoms with Gasteiger partial charge in [-0.2, -0.15) is 13.2 Å². The Balaban J connectivity index is 2.28. The molecule has 0 unspecified atom stereocenters. The fourth-order valence-electron chi connectivity index (χ4n) is 1.78. The van der Waals surface area contributed by atoms with Gasteiger partial charge in [-0.25, -0.2) is 0 Å². The molecule has 0 radical (unpaired) electrons. The van der Waals surface area contributed by atoms with Crippen molar-refractivity contribution in [2.75, 3.05) is 5.73 Å². The molecule has 0 atom stereocenters. The minimum Gasteiger partial charge on any atom is -0.399 e. The van der Waals surface area contributed by atoms with Crippen LogP contribution in [-0.2, 0) is 12.6 Å². The molecule has 0 saturated carbocycles. The summed E-state index contributed by atoms with van der Waals surface area (Å²) >= 11 is 0. The molecule has 0 fully saturated rings. The highest BCUT2D eigenvalue weighted by molar-refractivity contribution is 5.98. The molecule has 0 saturated heterocycles. The van der Waals surface area contributed by atoms with Crippen LogP contribution in [0.1, 0.15) is 21.5 Å². The van der Waals surface area contributed by atoms with Crippen molar-refractivity contribution in [2.45, 2.75) is 12.6 Å². The van der Waals surface area contributed by atoms with Crippen LogP contribution >= 0.6 is 0 Å². The number of carbonyl (C=O) groups is 1. The Morgan fingerprint density at radius 3 is 2.40 bits per heavy atom. The smallest absolute Gasteiger partial charge is 0.399 e. The second-order valence-corrected chi connectivity index (χ2v) is 4.26. The zero-order valence-electron chi connectivity index (χ0n) is 10.3. The number of hydrogen-bond acceptors (Lipinski definition) is 3. The summed E-state index contributed by atoms with van der Waals surface area (Å²) in [6, 6.07) is 7.21. The zero-order chi connectivity index (χ0) is 14.8. The first-order valence-electron chi connectivity index (χ1n) is 5.77. The minimum absolute atomic E-state index is 0.130. The highest BCUT2D eigenvalue weighted by Crippen LogP contribution is 2.31. The number of carbonyl (C=O) groups excluding carboxylic acids is 1. The summed E-state index contributed by atoms with van der Waals surface area (Å²) in [4.78, 5) is 15.6. The second kappa shape index (κ2) is 5.32. The van der Waals surface area contributed by atoms with Crippen LogP contribution in [0.25, 0.3) is 0 Å². The first-order valence-corrected chi connectivity index (χ1v) is 5.77. The van der Waals surface area contributed by atoms with Gasteiger partial charge in [0.05, 0.1) is 5.56 Å². The molecule has 3 nitrogen and oxygen atoms in total. The summed E-state index contributed by atoms with van der Waals surface area (Å²) in [7, 11) is 0. The van der Waals surface area contributed by atoms with E-state index in [-0.39, 0.29) is 6.42 Å². The van der Waals surface area contributed by atoms with E-state index in [0.717, 1.165) is 18.5 Å². The van der Waals surface area contributed by atoms with Crippen molar-refractivity contribution in [3.8, 4) is 0 Å². The van der Waals surface area contributed by atoms with Crippen LogP contribution in [0.15, 0.2) is 42.7 Å². The van der Waals surface area contributed by atoms with Crippen LogP contribution in [0.5, 0.6) is 0 Å². The molecule has 1 aromatic heterocycles. The predicted octanol–water partition coefficient (Wildman–Crippen LogP) is 3.11. The van der Waals surface area contributed by atoms with E-state index >= 15 is 0 Å². The molecule has 0 spiro atoms. The Bertz CT molecular complexity index is 621. The van der Waals surface area contributed by atoms with E-state index in [2.05, 4.69) is 4.98 Å². The number of benzene rings is 1. The van der Waals surface area contributed by atoms with E-state index in [0.29, 0.717) is 11.3 Å². The lowest BCUT2D eigenvalue weighted by Crippen LogP contribution is -2.15. The SMILES string of the molecule is Nc1ccc(CC(=O)c2cnccc2C(F)(F)F)cc1. The number of nitrogens with zero attached hydrogens (tertiary/aromatic N) is 1. The number of hydrogen-bond donors (Lipinski definition) is 1. The van der Waals surface area contributed by atoms with E-state index in [4.69, 9.17) is 5.73 Å². The van der Waals surface area contributed by atoms with Crippen LogP contribution in [0.3, 0.4) is 0 Å². The van der Waals surface area contributed by atoms with Crippen LogP contribution < -0.4 is 5.73 Å². The molecule has 0 aliphatic rings. The maximum absolute atomic E-state index is 12.8. The van der Waals surface area contributed by atoms with Crippen LogP contribution in [-0.4, -0.2) is 10.8 Å². The molecule has 2 N–H and O–H groups in total. The monoisotopic (exact) mass is 280 g/mol. The summed E-state index contributed by atoms with van der Waals surface area (Å²) in [6.45, 7) is 0. The molecule has 20 heavy (non-hydrogen) atoms. The third kappa shape index (κ3) is 3.14. The summed E-state index contributed by atoms with van der Waals surface area (Å²) < 4.78 is 38.4. The fourth-order valence-corrected chi connectivity index (χ4v) is 1.78. The van der Waals surface area contributed by atoms with Gasteiger partial charge in [-0.05, 0) is 23.8 Å². The van der Waals surface area contributed by atoms with Gasteiger partial charge in [0, 0.05) is 30.1 Å². The molecule has 104 valence electrons. The van der Waals surface area contributed by atoms with Gasteiger partial charge < -0.3 is 5.73 Å². The Morgan fingerprint density at radius 1 is 1.15 bits per heavy atom. The number of halogens is 3. The largest absolute Gasteiger partial charge is 0.417 e. The first kappa shape index (κ1) is 14.0. The number of nitrogen functional groups attached to an aromatic ring is 1. The third-order valence-electron chi connectivity index (χ3n) is 2.77. The third-order valence-corrected chi connectivity index (χ3v) is 2.77. The van der Waals surface area contributed by atoms with Crippen molar-refractivity contribution < 1.29 is 18.0 Å². The van der Waals surface area contributed by atoms with E-state index in [9.17, 15) is 18.0 Å². The van der Waals surface area contributed by atoms with Crippen LogP contribution in [0.2, 0.25) is 0 Å². The number of nitrogens with two attached hydrogens (primary N) is 1. The number of aromatic nitrogens is 1. The average Bonchev–Trinajstić information content (AvgIpc) is 2.40. The number of ketones is 1. The van der Waals surface area contributed by atoms with Crippen LogP contribution in [0.4, 0.5) is 18.9 Å². The van der Waals surface area contributed by atoms with Gasteiger partial charge in [0.15, 0.2) is 5.78 Å². The van der Waals surface area contributed by atoms with Crippen LogP contribution in [0, 0.1) is 0 Å². The quantitative estimate of drug-likeness (QED) is 0.694. The highest BCUT2D eigenvalue weighted by atomic mass is 19.4. The van der Waals surface area contributed by atoms with E-state index in [1.807, 2.05) is 0 Å².